The third-order valence-corrected chi connectivity index (χ3v) is 1.48. The molecular formula is C9H14N2. The lowest BCUT2D eigenvalue weighted by atomic mass is 10.3. The minimum absolute atomic E-state index is 0.750. The quantitative estimate of drug-likeness (QED) is 0.637. The fourth-order valence-electron chi connectivity index (χ4n) is 0.891. The van der Waals surface area contributed by atoms with Gasteiger partial charge in [0.05, 0.1) is 0 Å². The summed E-state index contributed by atoms with van der Waals surface area (Å²) in [4.78, 5) is 0. The summed E-state index contributed by atoms with van der Waals surface area (Å²) in [6.45, 7) is 1.71. The van der Waals surface area contributed by atoms with E-state index in [9.17, 15) is 0 Å². The standard InChI is InChI=1S/C9H14N2/c10-7-4-8-11-9-5-2-1-3-6-9/h1-3,5-6,11H,4,7-8,10H2. The van der Waals surface area contributed by atoms with Crippen LogP contribution in [0.3, 0.4) is 0 Å². The zero-order valence-electron chi connectivity index (χ0n) is 6.59. The molecule has 1 rings (SSSR count). The molecule has 0 bridgehead atoms. The molecule has 0 aromatic heterocycles. The minimum atomic E-state index is 0.750. The summed E-state index contributed by atoms with van der Waals surface area (Å²) in [5.74, 6) is 0. The largest absolute Gasteiger partial charge is 0.385 e. The minimum Gasteiger partial charge on any atom is -0.385 e. The van der Waals surface area contributed by atoms with Crippen LogP contribution in [0, 0.1) is 0 Å². The zero-order valence-corrected chi connectivity index (χ0v) is 6.59. The lowest BCUT2D eigenvalue weighted by molar-refractivity contribution is 0.874. The highest BCUT2D eigenvalue weighted by Gasteiger charge is 1.86. The van der Waals surface area contributed by atoms with Crippen molar-refractivity contribution in [1.29, 1.82) is 0 Å². The summed E-state index contributed by atoms with van der Waals surface area (Å²) in [6, 6.07) is 10.1. The lowest BCUT2D eigenvalue weighted by Crippen LogP contribution is -2.08. The molecule has 60 valence electrons. The Morgan fingerprint density at radius 1 is 1.18 bits per heavy atom. The first-order valence-electron chi connectivity index (χ1n) is 3.92. The monoisotopic (exact) mass is 150 g/mol. The summed E-state index contributed by atoms with van der Waals surface area (Å²) >= 11 is 0. The van der Waals surface area contributed by atoms with Crippen molar-refractivity contribution in [1.82, 2.24) is 0 Å². The van der Waals surface area contributed by atoms with Gasteiger partial charge in [0.15, 0.2) is 0 Å². The Kier molecular flexibility index (Phi) is 3.48. The van der Waals surface area contributed by atoms with Gasteiger partial charge in [-0.3, -0.25) is 0 Å². The maximum atomic E-state index is 5.35. The van der Waals surface area contributed by atoms with Crippen LogP contribution in [0.25, 0.3) is 0 Å². The molecule has 0 radical (unpaired) electrons. The fourth-order valence-corrected chi connectivity index (χ4v) is 0.891. The van der Waals surface area contributed by atoms with Crippen LogP contribution in [-0.4, -0.2) is 13.1 Å². The summed E-state index contributed by atoms with van der Waals surface area (Å²) in [5.41, 5.74) is 6.52. The molecule has 2 nitrogen and oxygen atoms in total. The Hall–Kier alpha value is -1.02. The number of nitrogens with two attached hydrogens (primary N) is 1. The second-order valence-electron chi connectivity index (χ2n) is 2.44. The van der Waals surface area contributed by atoms with Crippen molar-refractivity contribution in [2.24, 2.45) is 5.73 Å². The molecule has 0 saturated heterocycles. The van der Waals surface area contributed by atoms with Crippen molar-refractivity contribution in [3.63, 3.8) is 0 Å². The molecule has 0 aliphatic carbocycles. The number of nitrogens with one attached hydrogen (secondary N) is 1. The van der Waals surface area contributed by atoms with Crippen molar-refractivity contribution >= 4 is 5.69 Å². The Balaban J connectivity index is 2.28. The predicted octanol–water partition coefficient (Wildman–Crippen LogP) is 1.45. The summed E-state index contributed by atoms with van der Waals surface area (Å²) in [5, 5.41) is 3.27. The van der Waals surface area contributed by atoms with E-state index in [2.05, 4.69) is 17.4 Å². The van der Waals surface area contributed by atoms with Crippen LogP contribution in [0.2, 0.25) is 0 Å². The van der Waals surface area contributed by atoms with Crippen LogP contribution in [0.5, 0.6) is 0 Å². The molecule has 0 aliphatic heterocycles. The first-order valence-corrected chi connectivity index (χ1v) is 3.92. The third-order valence-electron chi connectivity index (χ3n) is 1.48. The van der Waals surface area contributed by atoms with Crippen LogP contribution in [0.15, 0.2) is 30.3 Å². The van der Waals surface area contributed by atoms with Crippen molar-refractivity contribution < 1.29 is 0 Å². The molecule has 0 amide bonds. The molecule has 0 heterocycles. The summed E-state index contributed by atoms with van der Waals surface area (Å²) < 4.78 is 0. The average molecular weight is 150 g/mol. The van der Waals surface area contributed by atoms with Gasteiger partial charge >= 0.3 is 0 Å². The number of benzene rings is 1. The number of hydrogen-bond acceptors (Lipinski definition) is 2. The van der Waals surface area contributed by atoms with Crippen molar-refractivity contribution in [3.8, 4) is 0 Å². The molecule has 0 unspecified atom stereocenters. The van der Waals surface area contributed by atoms with Gasteiger partial charge in [-0.1, -0.05) is 18.2 Å². The van der Waals surface area contributed by atoms with Gasteiger partial charge in [0.25, 0.3) is 0 Å². The van der Waals surface area contributed by atoms with Gasteiger partial charge in [-0.05, 0) is 25.1 Å². The Labute approximate surface area is 67.4 Å². The highest BCUT2D eigenvalue weighted by Crippen LogP contribution is 2.03. The Morgan fingerprint density at radius 2 is 1.91 bits per heavy atom. The molecule has 0 atom stereocenters. The Bertz CT molecular complexity index is 184. The van der Waals surface area contributed by atoms with Crippen LogP contribution in [0.4, 0.5) is 5.69 Å². The number of para-hydroxylation sites is 1. The molecule has 0 spiro atoms. The first-order chi connectivity index (χ1) is 5.43. The molecule has 2 heteroatoms. The van der Waals surface area contributed by atoms with E-state index in [1.165, 1.54) is 5.69 Å². The van der Waals surface area contributed by atoms with Gasteiger partial charge in [0, 0.05) is 12.2 Å². The van der Waals surface area contributed by atoms with Gasteiger partial charge in [0.2, 0.25) is 0 Å². The average Bonchev–Trinajstić information content (AvgIpc) is 2.07. The molecule has 11 heavy (non-hydrogen) atoms. The first kappa shape index (κ1) is 8.08. The highest BCUT2D eigenvalue weighted by atomic mass is 14.9. The van der Waals surface area contributed by atoms with Crippen LogP contribution in [-0.2, 0) is 0 Å². The van der Waals surface area contributed by atoms with E-state index >= 15 is 0 Å². The van der Waals surface area contributed by atoms with Crippen molar-refractivity contribution in [3.05, 3.63) is 30.3 Å². The van der Waals surface area contributed by atoms with E-state index in [1.54, 1.807) is 0 Å². The smallest absolute Gasteiger partial charge is 0.0340 e. The highest BCUT2D eigenvalue weighted by molar-refractivity contribution is 5.42. The molecule has 3 N–H and O–H groups in total. The van der Waals surface area contributed by atoms with E-state index < -0.39 is 0 Å². The third kappa shape index (κ3) is 3.05. The topological polar surface area (TPSA) is 38.0 Å². The molecule has 0 saturated carbocycles. The van der Waals surface area contributed by atoms with Gasteiger partial charge < -0.3 is 11.1 Å². The normalized spacial score (nSPS) is 9.55. The zero-order chi connectivity index (χ0) is 7.94. The number of rotatable bonds is 4. The molecule has 1 aromatic carbocycles. The van der Waals surface area contributed by atoms with Crippen LogP contribution >= 0.6 is 0 Å². The van der Waals surface area contributed by atoms with Crippen LogP contribution in [0.1, 0.15) is 6.42 Å². The number of hydrogen-bond donors (Lipinski definition) is 2. The molecule has 0 aliphatic rings. The lowest BCUT2D eigenvalue weighted by Gasteiger charge is -2.03. The van der Waals surface area contributed by atoms with Crippen molar-refractivity contribution in [2.75, 3.05) is 18.4 Å². The number of anilines is 1. The fraction of sp³-hybridized carbons (Fsp3) is 0.333. The molecule has 1 aromatic rings. The van der Waals surface area contributed by atoms with Crippen LogP contribution < -0.4 is 11.1 Å². The summed E-state index contributed by atoms with van der Waals surface area (Å²) in [6.07, 6.45) is 1.02. The second-order valence-corrected chi connectivity index (χ2v) is 2.44. The second kappa shape index (κ2) is 4.74. The van der Waals surface area contributed by atoms with E-state index in [4.69, 9.17) is 5.73 Å². The molecular weight excluding hydrogens is 136 g/mol. The summed E-state index contributed by atoms with van der Waals surface area (Å²) in [7, 11) is 0. The Morgan fingerprint density at radius 3 is 2.55 bits per heavy atom. The van der Waals surface area contributed by atoms with E-state index in [0.29, 0.717) is 0 Å². The van der Waals surface area contributed by atoms with E-state index in [-0.39, 0.29) is 0 Å². The molecule has 0 fully saturated rings. The van der Waals surface area contributed by atoms with E-state index in [0.717, 1.165) is 19.5 Å². The maximum Gasteiger partial charge on any atom is 0.0340 e. The van der Waals surface area contributed by atoms with Gasteiger partial charge in [0.1, 0.15) is 0 Å². The van der Waals surface area contributed by atoms with Crippen molar-refractivity contribution in [2.45, 2.75) is 6.42 Å². The van der Waals surface area contributed by atoms with E-state index in [1.807, 2.05) is 18.2 Å². The van der Waals surface area contributed by atoms with Gasteiger partial charge in [-0.15, -0.1) is 0 Å². The van der Waals surface area contributed by atoms with Gasteiger partial charge in [-0.25, -0.2) is 0 Å². The maximum absolute atomic E-state index is 5.35. The predicted molar refractivity (Wildman–Crippen MR) is 48.6 cm³/mol. The van der Waals surface area contributed by atoms with Gasteiger partial charge in [-0.2, -0.15) is 0 Å². The SMILES string of the molecule is NCCCNc1ccccc1.